The van der Waals surface area contributed by atoms with Crippen molar-refractivity contribution >= 4 is 17.7 Å². The van der Waals surface area contributed by atoms with E-state index in [-0.39, 0.29) is 11.4 Å². The molecule has 3 rings (SSSR count). The average molecular weight is 390 g/mol. The number of hydrogen-bond acceptors (Lipinski definition) is 3. The Hall–Kier alpha value is -2.80. The van der Waals surface area contributed by atoms with E-state index in [1.807, 2.05) is 11.0 Å². The van der Waals surface area contributed by atoms with E-state index >= 15 is 0 Å². The second-order valence-electron chi connectivity index (χ2n) is 6.61. The molecule has 0 spiro atoms. The molecule has 2 aromatic carbocycles. The quantitative estimate of drug-likeness (QED) is 0.789. The number of carbonyl (C=O) groups is 1. The molecule has 1 aliphatic heterocycles. The van der Waals surface area contributed by atoms with Gasteiger partial charge >= 0.3 is 0 Å². The fourth-order valence-corrected chi connectivity index (χ4v) is 3.04. The Bertz CT molecular complexity index is 860. The van der Waals surface area contributed by atoms with E-state index in [4.69, 9.17) is 4.74 Å². The fraction of sp³-hybridized carbons (Fsp3) is 0.286. The van der Waals surface area contributed by atoms with Gasteiger partial charge in [0, 0.05) is 30.9 Å². The molecule has 0 saturated carbocycles. The van der Waals surface area contributed by atoms with Gasteiger partial charge in [0.2, 0.25) is 5.91 Å². The second-order valence-corrected chi connectivity index (χ2v) is 6.61. The molecule has 148 valence electrons. The number of benzene rings is 2. The number of nitrogens with one attached hydrogen (secondary N) is 1. The number of nitrogens with zero attached hydrogens (tertiary/aromatic N) is 1. The summed E-state index contributed by atoms with van der Waals surface area (Å²) in [6.07, 6.45) is 2.51. The third kappa shape index (κ3) is 5.36. The Morgan fingerprint density at radius 3 is 2.36 bits per heavy atom. The summed E-state index contributed by atoms with van der Waals surface area (Å²) in [5.41, 5.74) is 1.60. The lowest BCUT2D eigenvalue weighted by Crippen LogP contribution is -2.36. The van der Waals surface area contributed by atoms with Crippen LogP contribution in [-0.4, -0.2) is 32.2 Å². The van der Waals surface area contributed by atoms with Gasteiger partial charge in [0.25, 0.3) is 0 Å². The van der Waals surface area contributed by atoms with E-state index in [2.05, 4.69) is 5.32 Å². The van der Waals surface area contributed by atoms with E-state index in [0.717, 1.165) is 23.9 Å². The van der Waals surface area contributed by atoms with Crippen LogP contribution in [0.2, 0.25) is 0 Å². The van der Waals surface area contributed by atoms with Crippen molar-refractivity contribution in [3.8, 4) is 0 Å². The largest absolute Gasteiger partial charge is 0.378 e. The van der Waals surface area contributed by atoms with Gasteiger partial charge in [-0.25, -0.2) is 13.2 Å². The summed E-state index contributed by atoms with van der Waals surface area (Å²) in [6.45, 7) is 4.27. The van der Waals surface area contributed by atoms with Crippen molar-refractivity contribution in [1.29, 1.82) is 0 Å². The van der Waals surface area contributed by atoms with Crippen molar-refractivity contribution in [3.63, 3.8) is 0 Å². The summed E-state index contributed by atoms with van der Waals surface area (Å²) >= 11 is 0. The summed E-state index contributed by atoms with van der Waals surface area (Å²) in [5, 5.41) is 2.73. The SMILES string of the molecule is CC(NC(=O)/C=C/c1cc(F)cc(F)c1)c1cc(F)cc(N2CCOCC2)c1. The van der Waals surface area contributed by atoms with Crippen LogP contribution in [-0.2, 0) is 9.53 Å². The Morgan fingerprint density at radius 1 is 1.04 bits per heavy atom. The monoisotopic (exact) mass is 390 g/mol. The Kier molecular flexibility index (Phi) is 6.36. The molecule has 0 aromatic heterocycles. The number of halogens is 3. The van der Waals surface area contributed by atoms with Crippen LogP contribution >= 0.6 is 0 Å². The Morgan fingerprint density at radius 2 is 1.68 bits per heavy atom. The fourth-order valence-electron chi connectivity index (χ4n) is 3.04. The van der Waals surface area contributed by atoms with E-state index in [0.29, 0.717) is 31.9 Å². The molecule has 0 bridgehead atoms. The predicted octanol–water partition coefficient (Wildman–Crippen LogP) is 3.83. The summed E-state index contributed by atoms with van der Waals surface area (Å²) in [7, 11) is 0. The molecule has 1 fully saturated rings. The topological polar surface area (TPSA) is 41.6 Å². The van der Waals surface area contributed by atoms with Crippen molar-refractivity contribution in [2.45, 2.75) is 13.0 Å². The van der Waals surface area contributed by atoms with E-state index in [1.54, 1.807) is 6.92 Å². The van der Waals surface area contributed by atoms with E-state index in [9.17, 15) is 18.0 Å². The third-order valence-corrected chi connectivity index (χ3v) is 4.45. The van der Waals surface area contributed by atoms with Gasteiger partial charge in [0.1, 0.15) is 17.5 Å². The minimum Gasteiger partial charge on any atom is -0.378 e. The highest BCUT2D eigenvalue weighted by Crippen LogP contribution is 2.23. The van der Waals surface area contributed by atoms with Gasteiger partial charge in [-0.2, -0.15) is 0 Å². The minimum atomic E-state index is -0.719. The molecule has 7 heteroatoms. The normalized spacial score (nSPS) is 15.6. The second kappa shape index (κ2) is 8.93. The molecule has 0 aliphatic carbocycles. The summed E-state index contributed by atoms with van der Waals surface area (Å²) in [6, 6.07) is 7.23. The standard InChI is InChI=1S/C21H21F3N2O2/c1-14(25-21(27)3-2-15-8-17(22)12-18(23)9-15)16-10-19(24)13-20(11-16)26-4-6-28-7-5-26/h2-3,8-14H,4-7H2,1H3,(H,25,27)/b3-2+. The van der Waals surface area contributed by atoms with Crippen molar-refractivity contribution in [2.24, 2.45) is 0 Å². The molecular weight excluding hydrogens is 369 g/mol. The maximum Gasteiger partial charge on any atom is 0.244 e. The molecule has 1 atom stereocenters. The van der Waals surface area contributed by atoms with Crippen LogP contribution in [0.1, 0.15) is 24.1 Å². The first-order chi connectivity index (χ1) is 13.4. The number of ether oxygens (including phenoxy) is 1. The maximum atomic E-state index is 14.1. The van der Waals surface area contributed by atoms with Crippen LogP contribution in [0, 0.1) is 17.5 Å². The molecule has 1 unspecified atom stereocenters. The first kappa shape index (κ1) is 19.9. The molecule has 1 saturated heterocycles. The highest BCUT2D eigenvalue weighted by Gasteiger charge is 2.15. The van der Waals surface area contributed by atoms with Gasteiger partial charge in [-0.15, -0.1) is 0 Å². The van der Waals surface area contributed by atoms with Crippen LogP contribution in [0.4, 0.5) is 18.9 Å². The number of hydrogen-bond donors (Lipinski definition) is 1. The molecule has 1 aliphatic rings. The summed E-state index contributed by atoms with van der Waals surface area (Å²) < 4.78 is 45.8. The molecule has 1 amide bonds. The number of rotatable bonds is 5. The van der Waals surface area contributed by atoms with Gasteiger partial charge in [-0.1, -0.05) is 0 Å². The summed E-state index contributed by atoms with van der Waals surface area (Å²) in [5.74, 6) is -2.27. The highest BCUT2D eigenvalue weighted by molar-refractivity contribution is 5.92. The van der Waals surface area contributed by atoms with Crippen LogP contribution < -0.4 is 10.2 Å². The lowest BCUT2D eigenvalue weighted by Gasteiger charge is -2.29. The minimum absolute atomic E-state index is 0.237. The van der Waals surface area contributed by atoms with E-state index in [1.165, 1.54) is 24.3 Å². The number of morpholine rings is 1. The molecule has 1 N–H and O–H groups in total. The molecule has 28 heavy (non-hydrogen) atoms. The van der Waals surface area contributed by atoms with Crippen molar-refractivity contribution in [1.82, 2.24) is 5.32 Å². The third-order valence-electron chi connectivity index (χ3n) is 4.45. The molecule has 4 nitrogen and oxygen atoms in total. The lowest BCUT2D eigenvalue weighted by atomic mass is 10.1. The molecule has 1 heterocycles. The van der Waals surface area contributed by atoms with Crippen molar-refractivity contribution in [3.05, 3.63) is 71.1 Å². The summed E-state index contributed by atoms with van der Waals surface area (Å²) in [4.78, 5) is 14.2. The lowest BCUT2D eigenvalue weighted by molar-refractivity contribution is -0.117. The van der Waals surface area contributed by atoms with Crippen LogP contribution in [0.15, 0.2) is 42.5 Å². The van der Waals surface area contributed by atoms with Gasteiger partial charge in [0.05, 0.1) is 19.3 Å². The van der Waals surface area contributed by atoms with Crippen molar-refractivity contribution < 1.29 is 22.7 Å². The Balaban J connectivity index is 1.68. The Labute approximate surface area is 161 Å². The van der Waals surface area contributed by atoms with E-state index < -0.39 is 23.6 Å². The number of anilines is 1. The van der Waals surface area contributed by atoms with Gasteiger partial charge in [0.15, 0.2) is 0 Å². The molecule has 2 aromatic rings. The zero-order valence-corrected chi connectivity index (χ0v) is 15.4. The smallest absolute Gasteiger partial charge is 0.244 e. The van der Waals surface area contributed by atoms with Crippen LogP contribution in [0.3, 0.4) is 0 Å². The van der Waals surface area contributed by atoms with Crippen LogP contribution in [0.25, 0.3) is 6.08 Å². The zero-order chi connectivity index (χ0) is 20.1. The first-order valence-corrected chi connectivity index (χ1v) is 8.98. The predicted molar refractivity (Wildman–Crippen MR) is 101 cm³/mol. The van der Waals surface area contributed by atoms with Crippen LogP contribution in [0.5, 0.6) is 0 Å². The number of amides is 1. The molecular formula is C21H21F3N2O2. The van der Waals surface area contributed by atoms with Gasteiger partial charge in [-0.3, -0.25) is 4.79 Å². The highest BCUT2D eigenvalue weighted by atomic mass is 19.1. The van der Waals surface area contributed by atoms with Gasteiger partial charge in [-0.05, 0) is 54.5 Å². The molecule has 0 radical (unpaired) electrons. The average Bonchev–Trinajstić information content (AvgIpc) is 2.66. The van der Waals surface area contributed by atoms with Crippen molar-refractivity contribution in [2.75, 3.05) is 31.2 Å². The zero-order valence-electron chi connectivity index (χ0n) is 15.4. The first-order valence-electron chi connectivity index (χ1n) is 8.98. The van der Waals surface area contributed by atoms with Gasteiger partial charge < -0.3 is 15.0 Å². The number of carbonyl (C=O) groups excluding carboxylic acids is 1. The maximum absolute atomic E-state index is 14.1.